The van der Waals surface area contributed by atoms with Gasteiger partial charge < -0.3 is 13.6 Å². The fourth-order valence-corrected chi connectivity index (χ4v) is 5.29. The molecular weight excluding hydrogens is 440 g/mol. The maximum Gasteiger partial charge on any atom is 0.281 e. The Labute approximate surface area is 193 Å². The maximum atomic E-state index is 13.3. The number of furan rings is 2. The fourth-order valence-electron chi connectivity index (χ4n) is 4.57. The lowest BCUT2D eigenvalue weighted by Gasteiger charge is -2.27. The van der Waals surface area contributed by atoms with Gasteiger partial charge in [0.2, 0.25) is 5.88 Å². The SMILES string of the molecule is O=C(COc1ncnc2sccc12)N1N=C2/C(=C\c3ccco3)CCCC2C1c1ccco1. The Hall–Kier alpha value is -3.72. The molecule has 33 heavy (non-hydrogen) atoms. The molecule has 2 unspecified atom stereocenters. The second-order valence-corrected chi connectivity index (χ2v) is 8.87. The third-order valence-electron chi connectivity index (χ3n) is 6.01. The van der Waals surface area contributed by atoms with Crippen LogP contribution in [-0.2, 0) is 4.79 Å². The molecule has 0 aromatic carbocycles. The number of aromatic nitrogens is 2. The molecule has 8 nitrogen and oxygen atoms in total. The second-order valence-electron chi connectivity index (χ2n) is 7.97. The minimum Gasteiger partial charge on any atom is -0.467 e. The predicted molar refractivity (Wildman–Crippen MR) is 123 cm³/mol. The Morgan fingerprint density at radius 2 is 2.12 bits per heavy atom. The Morgan fingerprint density at radius 3 is 2.97 bits per heavy atom. The zero-order valence-electron chi connectivity index (χ0n) is 17.6. The summed E-state index contributed by atoms with van der Waals surface area (Å²) < 4.78 is 17.1. The molecule has 0 radical (unpaired) electrons. The number of carbonyl (C=O) groups excluding carboxylic acids is 1. The molecule has 5 heterocycles. The summed E-state index contributed by atoms with van der Waals surface area (Å²) >= 11 is 1.50. The lowest BCUT2D eigenvalue weighted by atomic mass is 9.79. The van der Waals surface area contributed by atoms with E-state index < -0.39 is 0 Å². The molecule has 6 rings (SSSR count). The summed E-state index contributed by atoms with van der Waals surface area (Å²) in [4.78, 5) is 22.6. The number of amides is 1. The lowest BCUT2D eigenvalue weighted by Crippen LogP contribution is -2.34. The Morgan fingerprint density at radius 1 is 1.21 bits per heavy atom. The van der Waals surface area contributed by atoms with E-state index in [1.54, 1.807) is 12.5 Å². The highest BCUT2D eigenvalue weighted by Gasteiger charge is 2.45. The van der Waals surface area contributed by atoms with Crippen molar-refractivity contribution in [3.63, 3.8) is 0 Å². The zero-order valence-corrected chi connectivity index (χ0v) is 18.4. The molecule has 2 atom stereocenters. The Bertz CT molecular complexity index is 1340. The number of hydrogen-bond acceptors (Lipinski definition) is 8. The average molecular weight is 461 g/mol. The van der Waals surface area contributed by atoms with Crippen LogP contribution in [0.15, 0.2) is 74.1 Å². The van der Waals surface area contributed by atoms with Crippen molar-refractivity contribution in [1.82, 2.24) is 15.0 Å². The molecule has 0 spiro atoms. The first-order valence-electron chi connectivity index (χ1n) is 10.8. The number of allylic oxidation sites excluding steroid dienone is 1. The van der Waals surface area contributed by atoms with Crippen LogP contribution in [0.3, 0.4) is 0 Å². The second kappa shape index (κ2) is 8.32. The summed E-state index contributed by atoms with van der Waals surface area (Å²) in [5.74, 6) is 1.69. The fraction of sp³-hybridized carbons (Fsp3) is 0.250. The highest BCUT2D eigenvalue weighted by atomic mass is 32.1. The molecule has 0 saturated heterocycles. The first kappa shape index (κ1) is 19.9. The summed E-state index contributed by atoms with van der Waals surface area (Å²) in [6.45, 7) is -0.181. The first-order valence-corrected chi connectivity index (χ1v) is 11.7. The van der Waals surface area contributed by atoms with E-state index in [1.165, 1.54) is 22.7 Å². The van der Waals surface area contributed by atoms with Crippen molar-refractivity contribution in [3.8, 4) is 5.88 Å². The van der Waals surface area contributed by atoms with Gasteiger partial charge in [-0.25, -0.2) is 15.0 Å². The summed E-state index contributed by atoms with van der Waals surface area (Å²) in [5, 5.41) is 9.03. The molecule has 9 heteroatoms. The van der Waals surface area contributed by atoms with Crippen molar-refractivity contribution in [2.24, 2.45) is 11.0 Å². The standard InChI is InChI=1S/C24H20N4O4S/c29-20(13-32-23-18-8-11-33-24(18)26-14-25-23)28-22(19-7-3-10-31-19)17-6-1-4-15(21(17)27-28)12-16-5-2-9-30-16/h2-3,5,7-12,14,17,22H,1,4,6,13H2/b15-12-. The maximum absolute atomic E-state index is 13.3. The summed E-state index contributed by atoms with van der Waals surface area (Å²) in [7, 11) is 0. The number of ether oxygens (including phenoxy) is 1. The quantitative estimate of drug-likeness (QED) is 0.412. The van der Waals surface area contributed by atoms with E-state index in [0.717, 1.165) is 46.5 Å². The van der Waals surface area contributed by atoms with Gasteiger partial charge in [0.15, 0.2) is 6.61 Å². The molecule has 1 amide bonds. The van der Waals surface area contributed by atoms with Crippen molar-refractivity contribution in [3.05, 3.63) is 71.7 Å². The van der Waals surface area contributed by atoms with Crippen LogP contribution in [0, 0.1) is 5.92 Å². The number of rotatable bonds is 5. The molecule has 1 aliphatic heterocycles. The van der Waals surface area contributed by atoms with E-state index >= 15 is 0 Å². The molecule has 1 aliphatic carbocycles. The highest BCUT2D eigenvalue weighted by molar-refractivity contribution is 7.16. The van der Waals surface area contributed by atoms with E-state index in [0.29, 0.717) is 11.6 Å². The normalized spacial score (nSPS) is 21.4. The van der Waals surface area contributed by atoms with Crippen LogP contribution in [0.1, 0.15) is 36.8 Å². The molecule has 0 bridgehead atoms. The van der Waals surface area contributed by atoms with Crippen LogP contribution < -0.4 is 4.74 Å². The number of fused-ring (bicyclic) bond motifs is 2. The largest absolute Gasteiger partial charge is 0.467 e. The van der Waals surface area contributed by atoms with Crippen LogP contribution in [0.2, 0.25) is 0 Å². The summed E-state index contributed by atoms with van der Waals surface area (Å²) in [6, 6.07) is 9.09. The highest BCUT2D eigenvalue weighted by Crippen LogP contribution is 2.44. The molecular formula is C24H20N4O4S. The monoisotopic (exact) mass is 460 g/mol. The number of carbonyl (C=O) groups is 1. The number of hydrazone groups is 1. The number of hydrogen-bond donors (Lipinski definition) is 0. The molecule has 166 valence electrons. The lowest BCUT2D eigenvalue weighted by molar-refractivity contribution is -0.136. The van der Waals surface area contributed by atoms with Gasteiger partial charge in [0, 0.05) is 5.92 Å². The van der Waals surface area contributed by atoms with Crippen LogP contribution in [0.4, 0.5) is 0 Å². The van der Waals surface area contributed by atoms with E-state index in [-0.39, 0.29) is 24.5 Å². The van der Waals surface area contributed by atoms with Crippen LogP contribution in [-0.4, -0.2) is 33.2 Å². The third-order valence-corrected chi connectivity index (χ3v) is 6.83. The zero-order chi connectivity index (χ0) is 22.2. The van der Waals surface area contributed by atoms with Gasteiger partial charge in [-0.2, -0.15) is 5.10 Å². The molecule has 4 aromatic rings. The Balaban J connectivity index is 1.30. The smallest absolute Gasteiger partial charge is 0.281 e. The van der Waals surface area contributed by atoms with Gasteiger partial charge in [-0.05, 0) is 66.6 Å². The van der Waals surface area contributed by atoms with Crippen LogP contribution >= 0.6 is 11.3 Å². The van der Waals surface area contributed by atoms with Gasteiger partial charge in [-0.15, -0.1) is 11.3 Å². The van der Waals surface area contributed by atoms with Gasteiger partial charge in [0.25, 0.3) is 5.91 Å². The van der Waals surface area contributed by atoms with Gasteiger partial charge in [0.05, 0.1) is 23.6 Å². The summed E-state index contributed by atoms with van der Waals surface area (Å²) in [5.41, 5.74) is 2.00. The van der Waals surface area contributed by atoms with Gasteiger partial charge in [-0.3, -0.25) is 4.79 Å². The van der Waals surface area contributed by atoms with Crippen LogP contribution in [0.5, 0.6) is 5.88 Å². The number of thiophene rings is 1. The van der Waals surface area contributed by atoms with Crippen LogP contribution in [0.25, 0.3) is 16.3 Å². The van der Waals surface area contributed by atoms with Gasteiger partial charge in [-0.1, -0.05) is 0 Å². The van der Waals surface area contributed by atoms with Crippen molar-refractivity contribution in [1.29, 1.82) is 0 Å². The van der Waals surface area contributed by atoms with E-state index in [9.17, 15) is 4.79 Å². The van der Waals surface area contributed by atoms with Gasteiger partial charge >= 0.3 is 0 Å². The molecule has 0 N–H and O–H groups in total. The minimum absolute atomic E-state index is 0.0534. The van der Waals surface area contributed by atoms with E-state index in [4.69, 9.17) is 18.7 Å². The molecule has 4 aromatic heterocycles. The molecule has 1 saturated carbocycles. The first-order chi connectivity index (χ1) is 16.3. The summed E-state index contributed by atoms with van der Waals surface area (Å²) in [6.07, 6.45) is 9.55. The topological polar surface area (TPSA) is 94.0 Å². The van der Waals surface area contributed by atoms with Crippen molar-refractivity contribution >= 4 is 39.2 Å². The van der Waals surface area contributed by atoms with Crippen molar-refractivity contribution < 1.29 is 18.4 Å². The predicted octanol–water partition coefficient (Wildman–Crippen LogP) is 5.08. The third kappa shape index (κ3) is 3.64. The van der Waals surface area contributed by atoms with E-state index in [2.05, 4.69) is 9.97 Å². The van der Waals surface area contributed by atoms with Gasteiger partial charge in [0.1, 0.15) is 28.7 Å². The molecule has 2 aliphatic rings. The number of nitrogens with zero attached hydrogens (tertiary/aromatic N) is 4. The van der Waals surface area contributed by atoms with Crippen molar-refractivity contribution in [2.45, 2.75) is 25.3 Å². The average Bonchev–Trinajstić information content (AvgIpc) is 3.63. The van der Waals surface area contributed by atoms with Crippen molar-refractivity contribution in [2.75, 3.05) is 6.61 Å². The van der Waals surface area contributed by atoms with E-state index in [1.807, 2.05) is 41.8 Å². The minimum atomic E-state index is -0.307. The Kier molecular flexibility index (Phi) is 5.03. The molecule has 1 fully saturated rings.